The Hall–Kier alpha value is -4.15. The smallest absolute Gasteiger partial charge is 0.326 e. The second-order valence-electron chi connectivity index (χ2n) is 10.1. The molecule has 4 rings (SSSR count). The predicted molar refractivity (Wildman–Crippen MR) is 161 cm³/mol. The highest BCUT2D eigenvalue weighted by molar-refractivity contribution is 6.40. The lowest BCUT2D eigenvalue weighted by Crippen LogP contribution is -2.44. The molecule has 1 aliphatic carbocycles. The number of para-hydroxylation sites is 1. The molecule has 0 radical (unpaired) electrons. The number of amides is 4. The van der Waals surface area contributed by atoms with E-state index in [2.05, 4.69) is 26.3 Å². The molecule has 1 aromatic heterocycles. The van der Waals surface area contributed by atoms with Gasteiger partial charge in [-0.05, 0) is 48.6 Å². The van der Waals surface area contributed by atoms with Crippen molar-refractivity contribution in [2.45, 2.75) is 44.6 Å². The lowest BCUT2D eigenvalue weighted by Gasteiger charge is -2.22. The minimum absolute atomic E-state index is 0.0253. The molecular weight excluding hydrogens is 581 g/mol. The number of anilines is 2. The maximum atomic E-state index is 12.9. The first kappa shape index (κ1) is 30.8. The van der Waals surface area contributed by atoms with E-state index in [1.54, 1.807) is 48.5 Å². The second-order valence-corrected chi connectivity index (χ2v) is 10.9. The Labute approximate surface area is 253 Å². The summed E-state index contributed by atoms with van der Waals surface area (Å²) in [6.45, 7) is 0.578. The number of aromatic nitrogens is 1. The summed E-state index contributed by atoms with van der Waals surface area (Å²) in [5.41, 5.74) is 1.69. The molecule has 2 aromatic carbocycles. The van der Waals surface area contributed by atoms with Crippen molar-refractivity contribution in [3.05, 3.63) is 87.7 Å². The van der Waals surface area contributed by atoms with Crippen LogP contribution < -0.4 is 21.3 Å². The third kappa shape index (κ3) is 8.43. The number of pyridine rings is 1. The van der Waals surface area contributed by atoms with Crippen LogP contribution in [0.1, 0.15) is 58.4 Å². The van der Waals surface area contributed by atoms with Gasteiger partial charge < -0.3 is 26.4 Å². The number of halogens is 2. The van der Waals surface area contributed by atoms with Gasteiger partial charge in [0.2, 0.25) is 0 Å². The Morgan fingerprint density at radius 1 is 0.881 bits per heavy atom. The number of aliphatic carboxylic acids is 1. The normalized spacial score (nSPS) is 14.0. The minimum Gasteiger partial charge on any atom is -0.480 e. The van der Waals surface area contributed by atoms with Crippen molar-refractivity contribution in [1.29, 1.82) is 0 Å². The van der Waals surface area contributed by atoms with E-state index in [-0.39, 0.29) is 33.6 Å². The number of rotatable bonds is 10. The summed E-state index contributed by atoms with van der Waals surface area (Å²) in [5, 5.41) is 20.7. The molecule has 1 heterocycles. The van der Waals surface area contributed by atoms with E-state index in [9.17, 15) is 24.3 Å². The molecule has 0 spiro atoms. The van der Waals surface area contributed by atoms with Crippen LogP contribution in [-0.4, -0.2) is 46.5 Å². The Kier molecular flexibility index (Phi) is 10.7. The van der Waals surface area contributed by atoms with Gasteiger partial charge in [0.25, 0.3) is 11.8 Å². The van der Waals surface area contributed by atoms with Gasteiger partial charge in [-0.1, -0.05) is 66.7 Å². The van der Waals surface area contributed by atoms with Gasteiger partial charge in [0.05, 0.1) is 26.9 Å². The zero-order valence-corrected chi connectivity index (χ0v) is 24.2. The molecule has 1 fully saturated rings. The molecule has 0 aliphatic heterocycles. The van der Waals surface area contributed by atoms with Crippen molar-refractivity contribution < 1.29 is 24.3 Å². The van der Waals surface area contributed by atoms with Crippen molar-refractivity contribution in [1.82, 2.24) is 15.6 Å². The average molecular weight is 613 g/mol. The number of carbonyl (C=O) groups excluding carboxylic acids is 3. The van der Waals surface area contributed by atoms with Gasteiger partial charge in [0, 0.05) is 31.0 Å². The van der Waals surface area contributed by atoms with Crippen LogP contribution in [0.3, 0.4) is 0 Å². The number of nitrogens with zero attached hydrogens (tertiary/aromatic N) is 1. The van der Waals surface area contributed by atoms with E-state index in [0.717, 1.165) is 12.8 Å². The number of nitrogens with one attached hydrogen (secondary N) is 4. The highest BCUT2D eigenvalue weighted by atomic mass is 35.5. The Balaban J connectivity index is 1.34. The number of benzene rings is 2. The monoisotopic (exact) mass is 611 g/mol. The molecular formula is C30H31Cl2N5O5. The molecule has 220 valence electrons. The molecule has 4 amide bonds. The van der Waals surface area contributed by atoms with Crippen LogP contribution in [0.4, 0.5) is 16.2 Å². The van der Waals surface area contributed by atoms with Crippen LogP contribution in [0.2, 0.25) is 10.0 Å². The van der Waals surface area contributed by atoms with Gasteiger partial charge in [-0.15, -0.1) is 0 Å². The maximum Gasteiger partial charge on any atom is 0.326 e. The fraction of sp³-hybridized carbons (Fsp3) is 0.300. The van der Waals surface area contributed by atoms with E-state index in [0.29, 0.717) is 29.3 Å². The summed E-state index contributed by atoms with van der Waals surface area (Å²) in [4.78, 5) is 54.0. The zero-order valence-electron chi connectivity index (χ0n) is 22.7. The van der Waals surface area contributed by atoms with Crippen molar-refractivity contribution in [2.75, 3.05) is 17.2 Å². The van der Waals surface area contributed by atoms with E-state index >= 15 is 0 Å². The summed E-state index contributed by atoms with van der Waals surface area (Å²) in [5.74, 6) is -1.61. The van der Waals surface area contributed by atoms with Crippen molar-refractivity contribution in [3.8, 4) is 0 Å². The largest absolute Gasteiger partial charge is 0.480 e. The highest BCUT2D eigenvalue weighted by Crippen LogP contribution is 2.25. The number of carboxylic acid groups (broad SMARTS) is 1. The van der Waals surface area contributed by atoms with Gasteiger partial charge >= 0.3 is 12.0 Å². The molecule has 0 bridgehead atoms. The van der Waals surface area contributed by atoms with Crippen LogP contribution in [0.5, 0.6) is 0 Å². The number of hydrogen-bond acceptors (Lipinski definition) is 5. The van der Waals surface area contributed by atoms with Gasteiger partial charge in [0.1, 0.15) is 6.04 Å². The van der Waals surface area contributed by atoms with Gasteiger partial charge in [0.15, 0.2) is 0 Å². The van der Waals surface area contributed by atoms with Crippen LogP contribution in [-0.2, 0) is 11.2 Å². The Morgan fingerprint density at radius 3 is 2.21 bits per heavy atom. The number of urea groups is 1. The fourth-order valence-corrected chi connectivity index (χ4v) is 5.35. The molecule has 1 unspecified atom stereocenters. The first-order chi connectivity index (χ1) is 20.2. The molecule has 1 aliphatic rings. The average Bonchev–Trinajstić information content (AvgIpc) is 2.97. The van der Waals surface area contributed by atoms with E-state index in [1.807, 2.05) is 0 Å². The van der Waals surface area contributed by atoms with E-state index in [1.165, 1.54) is 31.7 Å². The second kappa shape index (κ2) is 14.7. The molecule has 42 heavy (non-hydrogen) atoms. The minimum atomic E-state index is -1.26. The van der Waals surface area contributed by atoms with Crippen molar-refractivity contribution >= 4 is 58.4 Å². The molecule has 1 atom stereocenters. The van der Waals surface area contributed by atoms with Crippen LogP contribution in [0.25, 0.3) is 0 Å². The topological polar surface area (TPSA) is 150 Å². The standard InChI is InChI=1S/C30H31Cl2N5O5/c31-22-16-33-17-23(32)26(22)28(39)35-20-12-10-18(11-13-20)14-25(29(40)41)37-30(42)36-24-9-5-4-8-21(24)27(38)34-15-19-6-2-1-3-7-19/h4-5,8-13,16-17,19,25H,1-3,6-7,14-15H2,(H,34,38)(H,35,39)(H,40,41)(H2,36,37,42). The molecule has 12 heteroatoms. The number of hydrogen-bond donors (Lipinski definition) is 5. The summed E-state index contributed by atoms with van der Waals surface area (Å²) in [6.07, 6.45) is 8.34. The summed E-state index contributed by atoms with van der Waals surface area (Å²) in [6, 6.07) is 11.0. The lowest BCUT2D eigenvalue weighted by molar-refractivity contribution is -0.139. The SMILES string of the molecule is O=C(Nc1ccccc1C(=O)NCC1CCCCC1)NC(Cc1ccc(NC(=O)c2c(Cl)cncc2Cl)cc1)C(=O)O. The third-order valence-corrected chi connectivity index (χ3v) is 7.60. The number of carboxylic acids is 1. The molecule has 10 nitrogen and oxygen atoms in total. The molecule has 1 saturated carbocycles. The molecule has 0 saturated heterocycles. The maximum absolute atomic E-state index is 12.9. The highest BCUT2D eigenvalue weighted by Gasteiger charge is 2.23. The third-order valence-electron chi connectivity index (χ3n) is 7.03. The van der Waals surface area contributed by atoms with E-state index in [4.69, 9.17) is 23.2 Å². The Bertz CT molecular complexity index is 1420. The van der Waals surface area contributed by atoms with Crippen molar-refractivity contribution in [2.24, 2.45) is 5.92 Å². The number of carbonyl (C=O) groups is 4. The summed E-state index contributed by atoms with van der Waals surface area (Å²) < 4.78 is 0. The van der Waals surface area contributed by atoms with Gasteiger partial charge in [-0.25, -0.2) is 9.59 Å². The molecule has 5 N–H and O–H groups in total. The first-order valence-electron chi connectivity index (χ1n) is 13.6. The first-order valence-corrected chi connectivity index (χ1v) is 14.3. The predicted octanol–water partition coefficient (Wildman–Crippen LogP) is 5.77. The van der Waals surface area contributed by atoms with Gasteiger partial charge in [-0.3, -0.25) is 14.6 Å². The van der Waals surface area contributed by atoms with Crippen LogP contribution >= 0.6 is 23.2 Å². The van der Waals surface area contributed by atoms with Crippen LogP contribution in [0.15, 0.2) is 60.9 Å². The summed E-state index contributed by atoms with van der Waals surface area (Å²) >= 11 is 12.1. The Morgan fingerprint density at radius 2 is 1.55 bits per heavy atom. The fourth-order valence-electron chi connectivity index (χ4n) is 4.81. The summed E-state index contributed by atoms with van der Waals surface area (Å²) in [7, 11) is 0. The van der Waals surface area contributed by atoms with E-state index < -0.39 is 23.9 Å². The lowest BCUT2D eigenvalue weighted by atomic mass is 9.89. The zero-order chi connectivity index (χ0) is 30.1. The van der Waals surface area contributed by atoms with Crippen molar-refractivity contribution in [3.63, 3.8) is 0 Å². The molecule has 3 aromatic rings. The van der Waals surface area contributed by atoms with Gasteiger partial charge in [-0.2, -0.15) is 0 Å². The van der Waals surface area contributed by atoms with Crippen LogP contribution in [0, 0.1) is 5.92 Å². The quantitative estimate of drug-likeness (QED) is 0.196.